The molecule has 0 bridgehead atoms. The third-order valence-electron chi connectivity index (χ3n) is 2.75. The minimum absolute atomic E-state index is 0.193. The first kappa shape index (κ1) is 15.8. The van der Waals surface area contributed by atoms with Gasteiger partial charge in [0, 0.05) is 5.75 Å². The summed E-state index contributed by atoms with van der Waals surface area (Å²) in [6.45, 7) is 6.79. The van der Waals surface area contributed by atoms with E-state index in [1.807, 2.05) is 0 Å². The van der Waals surface area contributed by atoms with Gasteiger partial charge in [-0.15, -0.1) is 11.8 Å². The summed E-state index contributed by atoms with van der Waals surface area (Å²) in [5.74, 6) is -1.38. The molecule has 0 saturated carbocycles. The number of carboxylic acids is 1. The molecule has 108 valence electrons. The van der Waals surface area contributed by atoms with Crippen LogP contribution in [0.25, 0.3) is 0 Å². The molecule has 0 aliphatic carbocycles. The fourth-order valence-corrected chi connectivity index (χ4v) is 3.10. The predicted molar refractivity (Wildman–Crippen MR) is 71.3 cm³/mol. The molecule has 1 fully saturated rings. The third kappa shape index (κ3) is 3.40. The molecule has 0 radical (unpaired) electrons. The van der Waals surface area contributed by atoms with Crippen molar-refractivity contribution in [1.29, 1.82) is 0 Å². The SMILES string of the molecule is CCC1(C(=O)O)SCC(NC(=O)OC(C)(C)C)C1=O. The number of carbonyl (C=O) groups excluding carboxylic acids is 2. The first-order chi connectivity index (χ1) is 8.62. The Morgan fingerprint density at radius 2 is 2.11 bits per heavy atom. The third-order valence-corrected chi connectivity index (χ3v) is 4.40. The van der Waals surface area contributed by atoms with Crippen LogP contribution in [0, 0.1) is 0 Å². The van der Waals surface area contributed by atoms with E-state index in [1.165, 1.54) is 0 Å². The lowest BCUT2D eigenvalue weighted by Gasteiger charge is -2.22. The van der Waals surface area contributed by atoms with E-state index in [2.05, 4.69) is 5.32 Å². The number of carboxylic acid groups (broad SMARTS) is 1. The zero-order valence-corrected chi connectivity index (χ0v) is 12.3. The Balaban J connectivity index is 2.72. The van der Waals surface area contributed by atoms with Crippen molar-refractivity contribution in [2.24, 2.45) is 0 Å². The molecule has 19 heavy (non-hydrogen) atoms. The number of Topliss-reactive ketones (excluding diaryl/α,β-unsaturated/α-hetero) is 1. The van der Waals surface area contributed by atoms with Crippen LogP contribution in [-0.2, 0) is 14.3 Å². The van der Waals surface area contributed by atoms with Crippen LogP contribution in [0.3, 0.4) is 0 Å². The smallest absolute Gasteiger partial charge is 0.408 e. The van der Waals surface area contributed by atoms with Crippen molar-refractivity contribution in [3.63, 3.8) is 0 Å². The molecule has 2 atom stereocenters. The van der Waals surface area contributed by atoms with Crippen molar-refractivity contribution in [1.82, 2.24) is 5.32 Å². The number of ketones is 1. The van der Waals surface area contributed by atoms with Crippen LogP contribution in [0.5, 0.6) is 0 Å². The number of ether oxygens (including phenoxy) is 1. The van der Waals surface area contributed by atoms with Crippen LogP contribution in [0.1, 0.15) is 34.1 Å². The van der Waals surface area contributed by atoms with Gasteiger partial charge < -0.3 is 15.2 Å². The molecule has 1 amide bonds. The fraction of sp³-hybridized carbons (Fsp3) is 0.750. The van der Waals surface area contributed by atoms with E-state index >= 15 is 0 Å². The number of amides is 1. The van der Waals surface area contributed by atoms with Gasteiger partial charge in [-0.2, -0.15) is 0 Å². The largest absolute Gasteiger partial charge is 0.480 e. The quantitative estimate of drug-likeness (QED) is 0.763. The van der Waals surface area contributed by atoms with Gasteiger partial charge in [-0.1, -0.05) is 6.92 Å². The lowest BCUT2D eigenvalue weighted by atomic mass is 9.96. The number of rotatable bonds is 3. The fourth-order valence-electron chi connectivity index (χ4n) is 1.81. The summed E-state index contributed by atoms with van der Waals surface area (Å²) < 4.78 is 3.61. The summed E-state index contributed by atoms with van der Waals surface area (Å²) in [5, 5.41) is 11.6. The minimum Gasteiger partial charge on any atom is -0.480 e. The molecular weight excluding hydrogens is 270 g/mol. The molecule has 2 unspecified atom stereocenters. The zero-order chi connectivity index (χ0) is 14.8. The van der Waals surface area contributed by atoms with Gasteiger partial charge in [0.1, 0.15) is 11.6 Å². The topological polar surface area (TPSA) is 92.7 Å². The first-order valence-corrected chi connectivity index (χ1v) is 7.02. The van der Waals surface area contributed by atoms with Crippen molar-refractivity contribution in [2.45, 2.75) is 50.5 Å². The second-order valence-electron chi connectivity index (χ2n) is 5.36. The molecule has 1 aliphatic rings. The van der Waals surface area contributed by atoms with Crippen molar-refractivity contribution in [3.05, 3.63) is 0 Å². The lowest BCUT2D eigenvalue weighted by molar-refractivity contribution is -0.144. The van der Waals surface area contributed by atoms with E-state index in [4.69, 9.17) is 4.74 Å². The van der Waals surface area contributed by atoms with E-state index in [1.54, 1.807) is 27.7 Å². The van der Waals surface area contributed by atoms with Gasteiger partial charge in [0.05, 0.1) is 0 Å². The van der Waals surface area contributed by atoms with Crippen LogP contribution in [-0.4, -0.2) is 45.1 Å². The molecule has 0 spiro atoms. The summed E-state index contributed by atoms with van der Waals surface area (Å²) in [4.78, 5) is 35.0. The lowest BCUT2D eigenvalue weighted by Crippen LogP contribution is -2.49. The number of hydrogen-bond donors (Lipinski definition) is 2. The number of thioether (sulfide) groups is 1. The summed E-state index contributed by atoms with van der Waals surface area (Å²) in [6.07, 6.45) is -0.512. The zero-order valence-electron chi connectivity index (χ0n) is 11.5. The van der Waals surface area contributed by atoms with Gasteiger partial charge in [-0.25, -0.2) is 4.79 Å². The minimum atomic E-state index is -1.44. The second-order valence-corrected chi connectivity index (χ2v) is 6.68. The average molecular weight is 289 g/mol. The maximum atomic E-state index is 12.1. The predicted octanol–water partition coefficient (Wildman–Crippen LogP) is 1.43. The standard InChI is InChI=1S/C12H19NO5S/c1-5-12(9(15)16)8(14)7(6-19-12)13-10(17)18-11(2,3)4/h7H,5-6H2,1-4H3,(H,13,17)(H,15,16). The van der Waals surface area contributed by atoms with Gasteiger partial charge in [0.2, 0.25) is 0 Å². The van der Waals surface area contributed by atoms with Crippen molar-refractivity contribution < 1.29 is 24.2 Å². The van der Waals surface area contributed by atoms with Gasteiger partial charge >= 0.3 is 12.1 Å². The van der Waals surface area contributed by atoms with Crippen LogP contribution in [0.15, 0.2) is 0 Å². The average Bonchev–Trinajstić information content (AvgIpc) is 2.54. The number of alkyl carbamates (subject to hydrolysis) is 1. The van der Waals surface area contributed by atoms with Crippen LogP contribution >= 0.6 is 11.8 Å². The molecule has 7 heteroatoms. The Morgan fingerprint density at radius 3 is 2.47 bits per heavy atom. The monoisotopic (exact) mass is 289 g/mol. The normalized spacial score (nSPS) is 27.2. The van der Waals surface area contributed by atoms with Crippen LogP contribution in [0.2, 0.25) is 0 Å². The number of carbonyl (C=O) groups is 3. The van der Waals surface area contributed by atoms with E-state index in [9.17, 15) is 19.5 Å². The molecule has 1 rings (SSSR count). The summed E-state index contributed by atoms with van der Waals surface area (Å²) in [6, 6.07) is -0.809. The van der Waals surface area contributed by atoms with E-state index in [0.29, 0.717) is 0 Å². The van der Waals surface area contributed by atoms with Gasteiger partial charge in [0.15, 0.2) is 10.5 Å². The maximum absolute atomic E-state index is 12.1. The van der Waals surface area contributed by atoms with Gasteiger partial charge in [-0.3, -0.25) is 9.59 Å². The molecule has 6 nitrogen and oxygen atoms in total. The number of aliphatic carboxylic acids is 1. The Hall–Kier alpha value is -1.24. The molecular formula is C12H19NO5S. The number of hydrogen-bond acceptors (Lipinski definition) is 5. The highest BCUT2D eigenvalue weighted by Gasteiger charge is 2.53. The van der Waals surface area contributed by atoms with Gasteiger partial charge in [0.25, 0.3) is 0 Å². The highest BCUT2D eigenvalue weighted by Crippen LogP contribution is 2.38. The molecule has 2 N–H and O–H groups in total. The second kappa shape index (κ2) is 5.40. The molecule has 1 aliphatic heterocycles. The Bertz CT molecular complexity index is 403. The Labute approximate surface area is 116 Å². The first-order valence-electron chi connectivity index (χ1n) is 6.03. The molecule has 0 aromatic rings. The van der Waals surface area contributed by atoms with Crippen LogP contribution in [0.4, 0.5) is 4.79 Å². The summed E-state index contributed by atoms with van der Waals surface area (Å²) >= 11 is 1.05. The maximum Gasteiger partial charge on any atom is 0.408 e. The van der Waals surface area contributed by atoms with Crippen molar-refractivity contribution >= 4 is 29.6 Å². The van der Waals surface area contributed by atoms with E-state index < -0.39 is 34.2 Å². The molecule has 0 aromatic carbocycles. The Kier molecular flexibility index (Phi) is 4.50. The molecule has 0 aromatic heterocycles. The van der Waals surface area contributed by atoms with Crippen LogP contribution < -0.4 is 5.32 Å². The number of nitrogens with one attached hydrogen (secondary N) is 1. The Morgan fingerprint density at radius 1 is 1.53 bits per heavy atom. The summed E-state index contributed by atoms with van der Waals surface area (Å²) in [5.41, 5.74) is -0.659. The summed E-state index contributed by atoms with van der Waals surface area (Å²) in [7, 11) is 0. The van der Waals surface area contributed by atoms with Gasteiger partial charge in [-0.05, 0) is 27.2 Å². The molecule has 1 saturated heterocycles. The highest BCUT2D eigenvalue weighted by molar-refractivity contribution is 8.02. The molecule has 1 heterocycles. The van der Waals surface area contributed by atoms with Crippen molar-refractivity contribution in [2.75, 3.05) is 5.75 Å². The van der Waals surface area contributed by atoms with Crippen molar-refractivity contribution in [3.8, 4) is 0 Å². The van der Waals surface area contributed by atoms with E-state index in [-0.39, 0.29) is 12.2 Å². The van der Waals surface area contributed by atoms with E-state index in [0.717, 1.165) is 11.8 Å². The highest BCUT2D eigenvalue weighted by atomic mass is 32.2.